The Morgan fingerprint density at radius 3 is 2.81 bits per heavy atom. The fraction of sp³-hybridized carbons (Fsp3) is 0.273. The number of carbonyl (C=O) groups is 1. The fourth-order valence-corrected chi connectivity index (χ4v) is 1.21. The van der Waals surface area contributed by atoms with Crippen molar-refractivity contribution in [2.24, 2.45) is 0 Å². The second-order valence-electron chi connectivity index (χ2n) is 3.32. The van der Waals surface area contributed by atoms with Crippen molar-refractivity contribution in [1.82, 2.24) is 4.90 Å². The van der Waals surface area contributed by atoms with Crippen molar-refractivity contribution in [2.75, 3.05) is 7.05 Å². The maximum absolute atomic E-state index is 13.2. The smallest absolute Gasteiger partial charge is 0.236 e. The quantitative estimate of drug-likeness (QED) is 0.786. The lowest BCUT2D eigenvalue weighted by molar-refractivity contribution is -0.129. The molecule has 0 bridgehead atoms. The van der Waals surface area contributed by atoms with Crippen LogP contribution >= 0.6 is 0 Å². The molecule has 0 saturated carbocycles. The first-order chi connectivity index (χ1) is 7.54. The Kier molecular flexibility index (Phi) is 3.95. The molecule has 0 aliphatic heterocycles. The molecule has 3 nitrogen and oxygen atoms in total. The predicted octanol–water partition coefficient (Wildman–Crippen LogP) is 1.84. The molecule has 0 fully saturated rings. The minimum atomic E-state index is -0.571. The van der Waals surface area contributed by atoms with E-state index in [1.165, 1.54) is 11.9 Å². The zero-order valence-corrected chi connectivity index (χ0v) is 8.70. The maximum Gasteiger partial charge on any atom is 0.236 e. The van der Waals surface area contributed by atoms with Crippen LogP contribution in [0.1, 0.15) is 12.0 Å². The third-order valence-electron chi connectivity index (χ3n) is 2.07. The Morgan fingerprint density at radius 1 is 1.50 bits per heavy atom. The first-order valence-corrected chi connectivity index (χ1v) is 4.59. The van der Waals surface area contributed by atoms with Crippen molar-refractivity contribution in [3.63, 3.8) is 0 Å². The summed E-state index contributed by atoms with van der Waals surface area (Å²) in [6.07, 6.45) is -0.270. The van der Waals surface area contributed by atoms with Gasteiger partial charge in [0, 0.05) is 19.2 Å². The standard InChI is InChI=1S/C11H10F2N2O/c1-15(11(16)4-5-14)7-8-6-9(12)2-3-10(8)13/h2-3,6H,4,7H2,1H3. The van der Waals surface area contributed by atoms with E-state index in [9.17, 15) is 13.6 Å². The Balaban J connectivity index is 2.77. The number of benzene rings is 1. The first kappa shape index (κ1) is 12.1. The highest BCUT2D eigenvalue weighted by Gasteiger charge is 2.11. The Hall–Kier alpha value is -1.96. The first-order valence-electron chi connectivity index (χ1n) is 4.59. The van der Waals surface area contributed by atoms with E-state index in [0.717, 1.165) is 18.2 Å². The summed E-state index contributed by atoms with van der Waals surface area (Å²) in [6.45, 7) is -0.0515. The van der Waals surface area contributed by atoms with E-state index in [-0.39, 0.29) is 18.5 Å². The van der Waals surface area contributed by atoms with Gasteiger partial charge in [0.15, 0.2) is 0 Å². The predicted molar refractivity (Wildman–Crippen MR) is 53.1 cm³/mol. The van der Waals surface area contributed by atoms with Crippen molar-refractivity contribution >= 4 is 5.91 Å². The topological polar surface area (TPSA) is 44.1 Å². The average Bonchev–Trinajstić information content (AvgIpc) is 2.23. The maximum atomic E-state index is 13.2. The molecule has 0 heterocycles. The third-order valence-corrected chi connectivity index (χ3v) is 2.07. The van der Waals surface area contributed by atoms with E-state index in [0.29, 0.717) is 0 Å². The summed E-state index contributed by atoms with van der Waals surface area (Å²) < 4.78 is 26.0. The van der Waals surface area contributed by atoms with Crippen LogP contribution in [0.25, 0.3) is 0 Å². The molecule has 0 aromatic heterocycles. The molecule has 0 aliphatic carbocycles. The van der Waals surface area contributed by atoms with E-state index in [2.05, 4.69) is 0 Å². The number of hydrogen-bond acceptors (Lipinski definition) is 2. The lowest BCUT2D eigenvalue weighted by Gasteiger charge is -2.16. The van der Waals surface area contributed by atoms with Gasteiger partial charge in [-0.25, -0.2) is 8.78 Å². The van der Waals surface area contributed by atoms with Crippen LogP contribution in [0.2, 0.25) is 0 Å². The third kappa shape index (κ3) is 3.02. The molecule has 1 aromatic rings. The number of rotatable bonds is 3. The summed E-state index contributed by atoms with van der Waals surface area (Å²) in [5.74, 6) is -1.55. The molecule has 0 radical (unpaired) electrons. The summed E-state index contributed by atoms with van der Waals surface area (Å²) >= 11 is 0. The molecule has 16 heavy (non-hydrogen) atoms. The summed E-state index contributed by atoms with van der Waals surface area (Å²) in [4.78, 5) is 12.4. The summed E-state index contributed by atoms with van der Waals surface area (Å²) in [5.41, 5.74) is 0.0915. The van der Waals surface area contributed by atoms with E-state index < -0.39 is 17.5 Å². The number of halogens is 2. The van der Waals surface area contributed by atoms with E-state index >= 15 is 0 Å². The number of amides is 1. The van der Waals surface area contributed by atoms with Gasteiger partial charge in [0.1, 0.15) is 18.1 Å². The van der Waals surface area contributed by atoms with Crippen molar-refractivity contribution in [3.05, 3.63) is 35.4 Å². The molecule has 0 aliphatic rings. The Morgan fingerprint density at radius 2 is 2.19 bits per heavy atom. The van der Waals surface area contributed by atoms with Gasteiger partial charge in [0.05, 0.1) is 6.07 Å². The van der Waals surface area contributed by atoms with Crippen LogP contribution in [0, 0.1) is 23.0 Å². The fourth-order valence-electron chi connectivity index (χ4n) is 1.21. The second-order valence-corrected chi connectivity index (χ2v) is 3.32. The minimum absolute atomic E-state index is 0.0515. The molecule has 0 atom stereocenters. The number of nitriles is 1. The normalized spacial score (nSPS) is 9.62. The zero-order valence-electron chi connectivity index (χ0n) is 8.70. The van der Waals surface area contributed by atoms with Crippen molar-refractivity contribution in [1.29, 1.82) is 5.26 Å². The Labute approximate surface area is 91.9 Å². The van der Waals surface area contributed by atoms with Gasteiger partial charge in [-0.2, -0.15) is 5.26 Å². The molecule has 1 aromatic carbocycles. The molecule has 0 N–H and O–H groups in total. The minimum Gasteiger partial charge on any atom is -0.340 e. The van der Waals surface area contributed by atoms with Crippen LogP contribution in [0.4, 0.5) is 8.78 Å². The van der Waals surface area contributed by atoms with Gasteiger partial charge in [-0.05, 0) is 18.2 Å². The highest BCUT2D eigenvalue weighted by Crippen LogP contribution is 2.12. The van der Waals surface area contributed by atoms with Gasteiger partial charge in [-0.3, -0.25) is 4.79 Å². The Bertz CT molecular complexity index is 440. The largest absolute Gasteiger partial charge is 0.340 e. The van der Waals surface area contributed by atoms with Gasteiger partial charge in [0.2, 0.25) is 5.91 Å². The molecular formula is C11H10F2N2O. The van der Waals surface area contributed by atoms with Crippen molar-refractivity contribution < 1.29 is 13.6 Å². The lowest BCUT2D eigenvalue weighted by atomic mass is 10.2. The van der Waals surface area contributed by atoms with Crippen molar-refractivity contribution in [2.45, 2.75) is 13.0 Å². The SMILES string of the molecule is CN(Cc1cc(F)ccc1F)C(=O)CC#N. The molecular weight excluding hydrogens is 214 g/mol. The van der Waals surface area contributed by atoms with Crippen LogP contribution in [-0.2, 0) is 11.3 Å². The summed E-state index contributed by atoms with van der Waals surface area (Å²) in [7, 11) is 1.43. The van der Waals surface area contributed by atoms with Crippen LogP contribution in [0.5, 0.6) is 0 Å². The molecule has 1 amide bonds. The highest BCUT2D eigenvalue weighted by atomic mass is 19.1. The lowest BCUT2D eigenvalue weighted by Crippen LogP contribution is -2.26. The van der Waals surface area contributed by atoms with Gasteiger partial charge in [-0.1, -0.05) is 0 Å². The molecule has 0 spiro atoms. The van der Waals surface area contributed by atoms with Gasteiger partial charge >= 0.3 is 0 Å². The zero-order chi connectivity index (χ0) is 12.1. The number of hydrogen-bond donors (Lipinski definition) is 0. The summed E-state index contributed by atoms with van der Waals surface area (Å²) in [5, 5.41) is 8.32. The van der Waals surface area contributed by atoms with Crippen LogP contribution in [0.3, 0.4) is 0 Å². The molecule has 5 heteroatoms. The van der Waals surface area contributed by atoms with Crippen LogP contribution in [0.15, 0.2) is 18.2 Å². The molecule has 0 saturated heterocycles. The van der Waals surface area contributed by atoms with E-state index in [1.54, 1.807) is 6.07 Å². The molecule has 1 rings (SSSR count). The number of nitrogens with zero attached hydrogens (tertiary/aromatic N) is 2. The van der Waals surface area contributed by atoms with Gasteiger partial charge in [0.25, 0.3) is 0 Å². The van der Waals surface area contributed by atoms with Crippen LogP contribution in [-0.4, -0.2) is 17.9 Å². The molecule has 0 unspecified atom stereocenters. The van der Waals surface area contributed by atoms with Gasteiger partial charge < -0.3 is 4.90 Å². The van der Waals surface area contributed by atoms with Crippen LogP contribution < -0.4 is 0 Å². The van der Waals surface area contributed by atoms with E-state index in [1.807, 2.05) is 0 Å². The van der Waals surface area contributed by atoms with E-state index in [4.69, 9.17) is 5.26 Å². The monoisotopic (exact) mass is 224 g/mol. The highest BCUT2D eigenvalue weighted by molar-refractivity contribution is 5.77. The second kappa shape index (κ2) is 5.21. The van der Waals surface area contributed by atoms with Crippen molar-refractivity contribution in [3.8, 4) is 6.07 Å². The summed E-state index contributed by atoms with van der Waals surface area (Å²) in [6, 6.07) is 4.75. The average molecular weight is 224 g/mol. The molecule has 84 valence electrons. The van der Waals surface area contributed by atoms with Gasteiger partial charge in [-0.15, -0.1) is 0 Å². The number of carbonyl (C=O) groups excluding carboxylic acids is 1.